The molecule has 0 aliphatic carbocycles. The number of hydrogen-bond acceptors (Lipinski definition) is 3. The Labute approximate surface area is 92.4 Å². The number of anilines is 1. The van der Waals surface area contributed by atoms with Gasteiger partial charge in [-0.25, -0.2) is 0 Å². The highest BCUT2D eigenvalue weighted by atomic mass is 79.9. The van der Waals surface area contributed by atoms with Crippen LogP contribution in [0, 0.1) is 0 Å². The van der Waals surface area contributed by atoms with Crippen LogP contribution >= 0.6 is 15.9 Å². The summed E-state index contributed by atoms with van der Waals surface area (Å²) in [5, 5.41) is 12.1. The van der Waals surface area contributed by atoms with Gasteiger partial charge in [0.25, 0.3) is 0 Å². The smallest absolute Gasteiger partial charge is 0.0630 e. The first-order valence-corrected chi connectivity index (χ1v) is 5.33. The number of halogens is 1. The maximum atomic E-state index is 8.92. The molecule has 4 heteroatoms. The molecule has 0 heterocycles. The van der Waals surface area contributed by atoms with Gasteiger partial charge in [0.05, 0.1) is 6.61 Å². The monoisotopic (exact) mass is 258 g/mol. The number of rotatable bonds is 4. The van der Waals surface area contributed by atoms with Crippen molar-refractivity contribution in [1.29, 1.82) is 0 Å². The van der Waals surface area contributed by atoms with E-state index in [0.29, 0.717) is 6.54 Å². The summed E-state index contributed by atoms with van der Waals surface area (Å²) in [6.45, 7) is 2.50. The molecule has 0 saturated heterocycles. The summed E-state index contributed by atoms with van der Waals surface area (Å²) in [5.74, 6) is 0. The fraction of sp³-hybridized carbons (Fsp3) is 0.400. The number of aliphatic hydroxyl groups is 1. The molecule has 0 spiro atoms. The van der Waals surface area contributed by atoms with E-state index < -0.39 is 0 Å². The summed E-state index contributed by atoms with van der Waals surface area (Å²) < 4.78 is 0.995. The standard InChI is InChI=1S/C10H15BrN2O/c1-7(6-14)13-10-4-2-3-9(11)8(10)5-12/h2-4,7,13-14H,5-6,12H2,1H3. The van der Waals surface area contributed by atoms with Gasteiger partial charge >= 0.3 is 0 Å². The van der Waals surface area contributed by atoms with Crippen molar-refractivity contribution in [3.05, 3.63) is 28.2 Å². The average Bonchev–Trinajstić information content (AvgIpc) is 2.18. The molecular weight excluding hydrogens is 244 g/mol. The zero-order valence-electron chi connectivity index (χ0n) is 8.13. The number of hydrogen-bond donors (Lipinski definition) is 3. The first-order valence-electron chi connectivity index (χ1n) is 4.54. The van der Waals surface area contributed by atoms with Crippen LogP contribution in [0.4, 0.5) is 5.69 Å². The van der Waals surface area contributed by atoms with E-state index in [1.165, 1.54) is 0 Å². The fourth-order valence-electron chi connectivity index (χ4n) is 1.21. The van der Waals surface area contributed by atoms with Crippen LogP contribution in [0.15, 0.2) is 22.7 Å². The van der Waals surface area contributed by atoms with Crippen molar-refractivity contribution in [1.82, 2.24) is 0 Å². The fourth-order valence-corrected chi connectivity index (χ4v) is 1.74. The predicted molar refractivity (Wildman–Crippen MR) is 62.2 cm³/mol. The number of nitrogens with two attached hydrogens (primary N) is 1. The molecule has 0 saturated carbocycles. The van der Waals surface area contributed by atoms with Gasteiger partial charge in [0.15, 0.2) is 0 Å². The molecule has 0 fully saturated rings. The SMILES string of the molecule is CC(CO)Nc1cccc(Br)c1CN. The molecule has 78 valence electrons. The van der Waals surface area contributed by atoms with Gasteiger partial charge in [-0.2, -0.15) is 0 Å². The van der Waals surface area contributed by atoms with Gasteiger partial charge in [0.2, 0.25) is 0 Å². The molecule has 0 aromatic heterocycles. The molecule has 1 aromatic rings. The first kappa shape index (κ1) is 11.5. The van der Waals surface area contributed by atoms with Gasteiger partial charge < -0.3 is 16.2 Å². The summed E-state index contributed by atoms with van der Waals surface area (Å²) in [4.78, 5) is 0. The van der Waals surface area contributed by atoms with Crippen LogP contribution < -0.4 is 11.1 Å². The van der Waals surface area contributed by atoms with E-state index in [2.05, 4.69) is 21.2 Å². The minimum Gasteiger partial charge on any atom is -0.394 e. The third-order valence-electron chi connectivity index (χ3n) is 2.00. The average molecular weight is 259 g/mol. The number of nitrogens with one attached hydrogen (secondary N) is 1. The molecule has 0 aliphatic rings. The Morgan fingerprint density at radius 3 is 2.86 bits per heavy atom. The molecular formula is C10H15BrN2O. The zero-order chi connectivity index (χ0) is 10.6. The number of benzene rings is 1. The van der Waals surface area contributed by atoms with E-state index in [9.17, 15) is 0 Å². The third kappa shape index (κ3) is 2.70. The maximum absolute atomic E-state index is 8.92. The largest absolute Gasteiger partial charge is 0.394 e. The highest BCUT2D eigenvalue weighted by molar-refractivity contribution is 9.10. The number of aliphatic hydroxyl groups excluding tert-OH is 1. The minimum absolute atomic E-state index is 0.0367. The summed E-state index contributed by atoms with van der Waals surface area (Å²) in [6.07, 6.45) is 0. The summed E-state index contributed by atoms with van der Waals surface area (Å²) in [7, 11) is 0. The lowest BCUT2D eigenvalue weighted by Gasteiger charge is -2.16. The van der Waals surface area contributed by atoms with E-state index in [1.807, 2.05) is 25.1 Å². The predicted octanol–water partition coefficient (Wildman–Crippen LogP) is 1.70. The van der Waals surface area contributed by atoms with E-state index in [1.54, 1.807) is 0 Å². The first-order chi connectivity index (χ1) is 6.69. The summed E-state index contributed by atoms with van der Waals surface area (Å²) in [6, 6.07) is 5.89. The Morgan fingerprint density at radius 1 is 1.57 bits per heavy atom. The third-order valence-corrected chi connectivity index (χ3v) is 2.74. The summed E-state index contributed by atoms with van der Waals surface area (Å²) in [5.41, 5.74) is 7.65. The van der Waals surface area contributed by atoms with Crippen molar-refractivity contribution in [2.24, 2.45) is 5.73 Å². The van der Waals surface area contributed by atoms with Crippen LogP contribution in [0.2, 0.25) is 0 Å². The van der Waals surface area contributed by atoms with Crippen LogP contribution in [0.5, 0.6) is 0 Å². The molecule has 0 aliphatic heterocycles. The molecule has 0 bridgehead atoms. The Bertz CT molecular complexity index is 304. The molecule has 1 aromatic carbocycles. The van der Waals surface area contributed by atoms with E-state index in [4.69, 9.17) is 10.8 Å². The van der Waals surface area contributed by atoms with Gasteiger partial charge in [-0.1, -0.05) is 22.0 Å². The quantitative estimate of drug-likeness (QED) is 0.771. The van der Waals surface area contributed by atoms with Crippen LogP contribution in [-0.4, -0.2) is 17.8 Å². The molecule has 3 nitrogen and oxygen atoms in total. The Morgan fingerprint density at radius 2 is 2.29 bits per heavy atom. The van der Waals surface area contributed by atoms with E-state index in [0.717, 1.165) is 15.7 Å². The van der Waals surface area contributed by atoms with Gasteiger partial charge in [-0.15, -0.1) is 0 Å². The molecule has 1 unspecified atom stereocenters. The maximum Gasteiger partial charge on any atom is 0.0630 e. The van der Waals surface area contributed by atoms with E-state index in [-0.39, 0.29) is 12.6 Å². The molecule has 0 amide bonds. The van der Waals surface area contributed by atoms with Crippen LogP contribution in [0.1, 0.15) is 12.5 Å². The highest BCUT2D eigenvalue weighted by Gasteiger charge is 2.06. The van der Waals surface area contributed by atoms with Crippen molar-refractivity contribution in [2.45, 2.75) is 19.5 Å². The van der Waals surface area contributed by atoms with Crippen molar-refractivity contribution in [3.63, 3.8) is 0 Å². The van der Waals surface area contributed by atoms with Gasteiger partial charge in [-0.3, -0.25) is 0 Å². The Hall–Kier alpha value is -0.580. The van der Waals surface area contributed by atoms with Crippen LogP contribution in [0.25, 0.3) is 0 Å². The van der Waals surface area contributed by atoms with Crippen molar-refractivity contribution < 1.29 is 5.11 Å². The van der Waals surface area contributed by atoms with Gasteiger partial charge in [-0.05, 0) is 19.1 Å². The molecule has 14 heavy (non-hydrogen) atoms. The highest BCUT2D eigenvalue weighted by Crippen LogP contribution is 2.24. The van der Waals surface area contributed by atoms with Crippen molar-refractivity contribution in [2.75, 3.05) is 11.9 Å². The van der Waals surface area contributed by atoms with E-state index >= 15 is 0 Å². The second-order valence-electron chi connectivity index (χ2n) is 3.20. The molecule has 0 radical (unpaired) electrons. The van der Waals surface area contributed by atoms with Crippen molar-refractivity contribution >= 4 is 21.6 Å². The molecule has 1 atom stereocenters. The lowest BCUT2D eigenvalue weighted by atomic mass is 10.1. The second-order valence-corrected chi connectivity index (χ2v) is 4.05. The molecule has 1 rings (SSSR count). The Kier molecular flexibility index (Phi) is 4.38. The Balaban J connectivity index is 2.90. The van der Waals surface area contributed by atoms with Crippen LogP contribution in [0.3, 0.4) is 0 Å². The second kappa shape index (κ2) is 5.34. The lowest BCUT2D eigenvalue weighted by molar-refractivity contribution is 0.281. The van der Waals surface area contributed by atoms with Gasteiger partial charge in [0.1, 0.15) is 0 Å². The summed E-state index contributed by atoms with van der Waals surface area (Å²) >= 11 is 3.44. The topological polar surface area (TPSA) is 58.3 Å². The zero-order valence-corrected chi connectivity index (χ0v) is 9.71. The lowest BCUT2D eigenvalue weighted by Crippen LogP contribution is -2.20. The van der Waals surface area contributed by atoms with Crippen molar-refractivity contribution in [3.8, 4) is 0 Å². The normalized spacial score (nSPS) is 12.6. The molecule has 4 N–H and O–H groups in total. The minimum atomic E-state index is 0.0367. The van der Waals surface area contributed by atoms with Gasteiger partial charge in [0, 0.05) is 28.3 Å². The van der Waals surface area contributed by atoms with Crippen LogP contribution in [-0.2, 0) is 6.54 Å².